The van der Waals surface area contributed by atoms with Crippen LogP contribution < -0.4 is 10.9 Å². The summed E-state index contributed by atoms with van der Waals surface area (Å²) in [7, 11) is 0. The minimum Gasteiger partial charge on any atom is -0.361 e. The van der Waals surface area contributed by atoms with Gasteiger partial charge in [-0.2, -0.15) is 0 Å². The molecule has 168 valence electrons. The molecule has 5 nitrogen and oxygen atoms in total. The normalized spacial score (nSPS) is 16.3. The first kappa shape index (κ1) is 22.4. The van der Waals surface area contributed by atoms with E-state index in [2.05, 4.69) is 9.97 Å². The van der Waals surface area contributed by atoms with Crippen LogP contribution in [0.1, 0.15) is 29.8 Å². The standard InChI is InChI=1S/C24H24ClF2N3O2/c1-14-21(23(32)22(25)15(2)29-14)18-12-28-19(11-20(18)31)17-5-3-16(4-6-17)13-30-9-7-24(26,27)8-10-30/h3-6,11-12H,7-10,13H2,1-2H3,(H,28,31)(H,29,32). The molecular weight excluding hydrogens is 436 g/mol. The number of benzene rings is 1. The van der Waals surface area contributed by atoms with Crippen LogP contribution in [0, 0.1) is 13.8 Å². The van der Waals surface area contributed by atoms with E-state index < -0.39 is 5.92 Å². The third-order valence-electron chi connectivity index (χ3n) is 5.95. The Morgan fingerprint density at radius 3 is 2.34 bits per heavy atom. The first-order chi connectivity index (χ1) is 15.1. The minimum absolute atomic E-state index is 0.0714. The molecule has 1 fully saturated rings. The molecule has 0 aliphatic carbocycles. The lowest BCUT2D eigenvalue weighted by Crippen LogP contribution is -2.38. The Kier molecular flexibility index (Phi) is 6.05. The molecule has 3 aromatic rings. The monoisotopic (exact) mass is 459 g/mol. The average molecular weight is 460 g/mol. The Hall–Kier alpha value is -2.77. The van der Waals surface area contributed by atoms with Gasteiger partial charge in [-0.25, -0.2) is 8.78 Å². The van der Waals surface area contributed by atoms with Crippen molar-refractivity contribution in [2.75, 3.05) is 13.1 Å². The van der Waals surface area contributed by atoms with Crippen molar-refractivity contribution in [3.63, 3.8) is 0 Å². The Balaban J connectivity index is 1.55. The van der Waals surface area contributed by atoms with Gasteiger partial charge in [0, 0.05) is 61.8 Å². The molecule has 2 aromatic heterocycles. The number of nitrogens with one attached hydrogen (secondary N) is 2. The van der Waals surface area contributed by atoms with Crippen molar-refractivity contribution in [3.05, 3.63) is 78.9 Å². The fourth-order valence-corrected chi connectivity index (χ4v) is 4.23. The quantitative estimate of drug-likeness (QED) is 0.583. The van der Waals surface area contributed by atoms with E-state index in [1.54, 1.807) is 13.8 Å². The second-order valence-electron chi connectivity index (χ2n) is 8.35. The second kappa shape index (κ2) is 8.64. The molecule has 3 heterocycles. The van der Waals surface area contributed by atoms with Crippen LogP contribution in [0.15, 0.2) is 46.1 Å². The summed E-state index contributed by atoms with van der Waals surface area (Å²) in [5.74, 6) is -2.55. The highest BCUT2D eigenvalue weighted by atomic mass is 35.5. The Morgan fingerprint density at radius 1 is 1.06 bits per heavy atom. The maximum atomic E-state index is 13.3. The number of aromatic amines is 2. The van der Waals surface area contributed by atoms with Crippen molar-refractivity contribution in [2.45, 2.75) is 39.2 Å². The van der Waals surface area contributed by atoms with Gasteiger partial charge in [-0.3, -0.25) is 14.5 Å². The summed E-state index contributed by atoms with van der Waals surface area (Å²) >= 11 is 6.09. The van der Waals surface area contributed by atoms with Gasteiger partial charge < -0.3 is 9.97 Å². The van der Waals surface area contributed by atoms with Gasteiger partial charge in [0.15, 0.2) is 5.43 Å². The van der Waals surface area contributed by atoms with Crippen molar-refractivity contribution in [2.24, 2.45) is 0 Å². The number of piperidine rings is 1. The molecule has 32 heavy (non-hydrogen) atoms. The molecule has 0 saturated carbocycles. The van der Waals surface area contributed by atoms with Crippen LogP contribution in [-0.4, -0.2) is 33.9 Å². The molecule has 8 heteroatoms. The molecule has 0 bridgehead atoms. The number of pyridine rings is 2. The highest BCUT2D eigenvalue weighted by molar-refractivity contribution is 6.31. The van der Waals surface area contributed by atoms with Gasteiger partial charge in [0.1, 0.15) is 5.02 Å². The highest BCUT2D eigenvalue weighted by Gasteiger charge is 2.33. The van der Waals surface area contributed by atoms with E-state index in [9.17, 15) is 18.4 Å². The lowest BCUT2D eigenvalue weighted by Gasteiger charge is -2.31. The van der Waals surface area contributed by atoms with E-state index in [-0.39, 0.29) is 39.8 Å². The molecule has 2 N–H and O–H groups in total. The topological polar surface area (TPSA) is 69.0 Å². The molecule has 0 amide bonds. The number of nitrogens with zero attached hydrogens (tertiary/aromatic N) is 1. The number of rotatable bonds is 4. The van der Waals surface area contributed by atoms with E-state index in [0.29, 0.717) is 36.7 Å². The zero-order chi connectivity index (χ0) is 23.0. The van der Waals surface area contributed by atoms with Crippen LogP contribution in [0.4, 0.5) is 8.78 Å². The van der Waals surface area contributed by atoms with Crippen molar-refractivity contribution < 1.29 is 8.78 Å². The summed E-state index contributed by atoms with van der Waals surface area (Å²) in [5.41, 5.74) is 3.45. The van der Waals surface area contributed by atoms with Crippen LogP contribution in [-0.2, 0) is 6.54 Å². The predicted octanol–water partition coefficient (Wildman–Crippen LogP) is 4.90. The van der Waals surface area contributed by atoms with Gasteiger partial charge in [-0.05, 0) is 25.0 Å². The van der Waals surface area contributed by atoms with Gasteiger partial charge in [0.05, 0.1) is 11.1 Å². The number of hydrogen-bond acceptors (Lipinski definition) is 3. The number of H-pyrrole nitrogens is 2. The van der Waals surface area contributed by atoms with Gasteiger partial charge in [-0.1, -0.05) is 35.9 Å². The largest absolute Gasteiger partial charge is 0.361 e. The summed E-state index contributed by atoms with van der Waals surface area (Å²) in [4.78, 5) is 33.6. The summed E-state index contributed by atoms with van der Waals surface area (Å²) in [5, 5.41) is 0.0714. The van der Waals surface area contributed by atoms with Crippen LogP contribution >= 0.6 is 11.6 Å². The van der Waals surface area contributed by atoms with E-state index in [1.165, 1.54) is 12.3 Å². The first-order valence-electron chi connectivity index (χ1n) is 10.5. The molecule has 1 aromatic carbocycles. The number of aromatic nitrogens is 2. The van der Waals surface area contributed by atoms with E-state index in [4.69, 9.17) is 11.6 Å². The van der Waals surface area contributed by atoms with E-state index in [0.717, 1.165) is 11.1 Å². The lowest BCUT2D eigenvalue weighted by molar-refractivity contribution is -0.0566. The Labute approximate surface area is 189 Å². The third kappa shape index (κ3) is 4.54. The third-order valence-corrected chi connectivity index (χ3v) is 6.40. The average Bonchev–Trinajstić information content (AvgIpc) is 2.75. The molecule has 1 aliphatic rings. The number of likely N-dealkylation sites (tertiary alicyclic amines) is 1. The smallest absolute Gasteiger partial charge is 0.250 e. The van der Waals surface area contributed by atoms with E-state index in [1.807, 2.05) is 29.2 Å². The minimum atomic E-state index is -2.55. The molecule has 4 rings (SSSR count). The SMILES string of the molecule is Cc1[nH]c(C)c(-c2c[nH]c(-c3ccc(CN4CCC(F)(F)CC4)cc3)cc2=O)c(=O)c1Cl. The molecule has 0 unspecified atom stereocenters. The van der Waals surface area contributed by atoms with Gasteiger partial charge in [0.2, 0.25) is 5.43 Å². The molecule has 1 saturated heterocycles. The number of aryl methyl sites for hydroxylation is 2. The van der Waals surface area contributed by atoms with Crippen molar-refractivity contribution in [3.8, 4) is 22.4 Å². The summed E-state index contributed by atoms with van der Waals surface area (Å²) in [6.45, 7) is 4.81. The molecular formula is C24H24ClF2N3O2. The first-order valence-corrected chi connectivity index (χ1v) is 10.8. The van der Waals surface area contributed by atoms with Gasteiger partial charge in [0.25, 0.3) is 5.92 Å². The maximum absolute atomic E-state index is 13.3. The zero-order valence-electron chi connectivity index (χ0n) is 17.9. The van der Waals surface area contributed by atoms with E-state index >= 15 is 0 Å². The van der Waals surface area contributed by atoms with Crippen LogP contribution in [0.25, 0.3) is 22.4 Å². The van der Waals surface area contributed by atoms with Crippen molar-refractivity contribution >= 4 is 11.6 Å². The molecule has 0 radical (unpaired) electrons. The fourth-order valence-electron chi connectivity index (χ4n) is 4.09. The Bertz CT molecular complexity index is 1260. The molecule has 1 aliphatic heterocycles. The lowest BCUT2D eigenvalue weighted by atomic mass is 10.0. The summed E-state index contributed by atoms with van der Waals surface area (Å²) in [6, 6.07) is 9.11. The van der Waals surface area contributed by atoms with Crippen LogP contribution in [0.2, 0.25) is 5.02 Å². The summed E-state index contributed by atoms with van der Waals surface area (Å²) in [6.07, 6.45) is 1.32. The van der Waals surface area contributed by atoms with Crippen LogP contribution in [0.3, 0.4) is 0 Å². The number of halogens is 3. The number of hydrogen-bond donors (Lipinski definition) is 2. The Morgan fingerprint density at radius 2 is 1.72 bits per heavy atom. The fraction of sp³-hybridized carbons (Fsp3) is 0.333. The predicted molar refractivity (Wildman–Crippen MR) is 122 cm³/mol. The van der Waals surface area contributed by atoms with Crippen molar-refractivity contribution in [1.82, 2.24) is 14.9 Å². The van der Waals surface area contributed by atoms with Crippen molar-refractivity contribution in [1.29, 1.82) is 0 Å². The summed E-state index contributed by atoms with van der Waals surface area (Å²) < 4.78 is 26.7. The zero-order valence-corrected chi connectivity index (χ0v) is 18.7. The highest BCUT2D eigenvalue weighted by Crippen LogP contribution is 2.28. The molecule has 0 spiro atoms. The maximum Gasteiger partial charge on any atom is 0.250 e. The molecule has 0 atom stereocenters. The van der Waals surface area contributed by atoms with Gasteiger partial charge in [-0.15, -0.1) is 0 Å². The number of alkyl halides is 2. The second-order valence-corrected chi connectivity index (χ2v) is 8.72. The van der Waals surface area contributed by atoms with Crippen LogP contribution in [0.5, 0.6) is 0 Å². The van der Waals surface area contributed by atoms with Gasteiger partial charge >= 0.3 is 0 Å².